The number of phenolic OH excluding ortho intramolecular Hbond substituents is 1. The summed E-state index contributed by atoms with van der Waals surface area (Å²) in [4.78, 5) is 34.8. The second-order valence-corrected chi connectivity index (χ2v) is 5.65. The van der Waals surface area contributed by atoms with E-state index in [0.29, 0.717) is 5.56 Å². The van der Waals surface area contributed by atoms with E-state index in [0.717, 1.165) is 18.3 Å². The van der Waals surface area contributed by atoms with E-state index in [2.05, 4.69) is 5.32 Å². The molecule has 0 saturated heterocycles. The van der Waals surface area contributed by atoms with Gasteiger partial charge < -0.3 is 15.6 Å². The van der Waals surface area contributed by atoms with E-state index in [1.54, 1.807) is 0 Å². The van der Waals surface area contributed by atoms with Crippen LogP contribution in [-0.2, 0) is 6.54 Å². The number of aromatic hydroxyl groups is 1. The summed E-state index contributed by atoms with van der Waals surface area (Å²) in [5.74, 6) is -2.04. The Morgan fingerprint density at radius 1 is 1.26 bits per heavy atom. The van der Waals surface area contributed by atoms with Crippen LogP contribution in [0.2, 0.25) is 0 Å². The molecule has 0 aliphatic rings. The topological polar surface area (TPSA) is 135 Å². The van der Waals surface area contributed by atoms with Crippen LogP contribution in [-0.4, -0.2) is 25.9 Å². The maximum atomic E-state index is 12.9. The van der Waals surface area contributed by atoms with Crippen molar-refractivity contribution in [3.8, 4) is 5.75 Å². The zero-order chi connectivity index (χ0) is 19.7. The van der Waals surface area contributed by atoms with Crippen LogP contribution in [0.25, 0.3) is 10.8 Å². The first kappa shape index (κ1) is 17.9. The first-order valence-corrected chi connectivity index (χ1v) is 7.56. The van der Waals surface area contributed by atoms with Crippen LogP contribution in [0.3, 0.4) is 0 Å². The number of aromatic nitrogens is 1. The molecule has 0 aliphatic carbocycles. The standard InChI is InChI=1S/C17H12FN3O6/c18-11-3-1-9(2-4-11)7-19-16(23)15-12-6-14(22)13(21(26)27)5-10(12)8-20(25)17(15)24/h1-6,8,22,25H,7H2,(H,19,23). The molecule has 0 spiro atoms. The van der Waals surface area contributed by atoms with Crippen molar-refractivity contribution in [3.05, 3.63) is 80.0 Å². The molecule has 0 unspecified atom stereocenters. The lowest BCUT2D eigenvalue weighted by Gasteiger charge is -2.10. The SMILES string of the molecule is O=C(NCc1ccc(F)cc1)c1c(=O)n(O)cc2cc([N+](=O)[O-])c(O)cc12. The minimum absolute atomic E-state index is 0.00790. The van der Waals surface area contributed by atoms with Gasteiger partial charge in [-0.25, -0.2) is 4.39 Å². The van der Waals surface area contributed by atoms with Crippen molar-refractivity contribution < 1.29 is 24.4 Å². The van der Waals surface area contributed by atoms with E-state index in [9.17, 15) is 34.4 Å². The molecule has 0 bridgehead atoms. The number of carbonyl (C=O) groups excluding carboxylic acids is 1. The Kier molecular flexibility index (Phi) is 4.46. The summed E-state index contributed by atoms with van der Waals surface area (Å²) >= 11 is 0. The minimum atomic E-state index is -1.06. The zero-order valence-corrected chi connectivity index (χ0v) is 13.5. The Bertz CT molecular complexity index is 1120. The monoisotopic (exact) mass is 373 g/mol. The Hall–Kier alpha value is -3.95. The first-order chi connectivity index (χ1) is 12.8. The summed E-state index contributed by atoms with van der Waals surface area (Å²) in [6, 6.07) is 7.15. The van der Waals surface area contributed by atoms with Gasteiger partial charge in [-0.1, -0.05) is 12.1 Å². The van der Waals surface area contributed by atoms with Crippen LogP contribution in [0, 0.1) is 15.9 Å². The van der Waals surface area contributed by atoms with Crippen LogP contribution in [0.15, 0.2) is 47.4 Å². The van der Waals surface area contributed by atoms with Gasteiger partial charge in [0.25, 0.3) is 11.5 Å². The average Bonchev–Trinajstić information content (AvgIpc) is 2.62. The van der Waals surface area contributed by atoms with Gasteiger partial charge in [-0.2, -0.15) is 4.73 Å². The van der Waals surface area contributed by atoms with Gasteiger partial charge in [-0.15, -0.1) is 0 Å². The number of nitrogens with zero attached hydrogens (tertiary/aromatic N) is 2. The molecule has 10 heteroatoms. The number of benzene rings is 2. The van der Waals surface area contributed by atoms with Crippen LogP contribution in [0.4, 0.5) is 10.1 Å². The highest BCUT2D eigenvalue weighted by atomic mass is 19.1. The summed E-state index contributed by atoms with van der Waals surface area (Å²) in [5.41, 5.74) is -1.64. The molecule has 0 atom stereocenters. The lowest BCUT2D eigenvalue weighted by molar-refractivity contribution is -0.385. The van der Waals surface area contributed by atoms with Crippen molar-refractivity contribution in [2.24, 2.45) is 0 Å². The van der Waals surface area contributed by atoms with Gasteiger partial charge in [-0.3, -0.25) is 19.7 Å². The molecular weight excluding hydrogens is 361 g/mol. The number of nitro groups is 1. The number of hydrogen-bond acceptors (Lipinski definition) is 6. The van der Waals surface area contributed by atoms with Crippen molar-refractivity contribution >= 4 is 22.4 Å². The van der Waals surface area contributed by atoms with Crippen molar-refractivity contribution in [1.29, 1.82) is 0 Å². The third kappa shape index (κ3) is 3.40. The maximum absolute atomic E-state index is 12.9. The molecule has 0 radical (unpaired) electrons. The minimum Gasteiger partial charge on any atom is -0.502 e. The fraction of sp³-hybridized carbons (Fsp3) is 0.0588. The second kappa shape index (κ2) is 6.75. The summed E-state index contributed by atoms with van der Waals surface area (Å²) in [5, 5.41) is 32.8. The number of fused-ring (bicyclic) bond motifs is 1. The predicted octanol–water partition coefficient (Wildman–Crippen LogP) is 1.92. The van der Waals surface area contributed by atoms with Crippen molar-refractivity contribution in [2.45, 2.75) is 6.54 Å². The number of nitro benzene ring substituents is 1. The number of halogens is 1. The fourth-order valence-corrected chi connectivity index (χ4v) is 2.58. The molecule has 2 aromatic carbocycles. The molecule has 0 saturated carbocycles. The smallest absolute Gasteiger partial charge is 0.311 e. The van der Waals surface area contributed by atoms with Crippen LogP contribution in [0.1, 0.15) is 15.9 Å². The van der Waals surface area contributed by atoms with E-state index in [-0.39, 0.29) is 22.0 Å². The molecular formula is C17H12FN3O6. The van der Waals surface area contributed by atoms with Gasteiger partial charge in [0.05, 0.1) is 11.1 Å². The second-order valence-electron chi connectivity index (χ2n) is 5.65. The van der Waals surface area contributed by atoms with E-state index >= 15 is 0 Å². The zero-order valence-electron chi connectivity index (χ0n) is 13.5. The number of rotatable bonds is 4. The molecule has 27 heavy (non-hydrogen) atoms. The quantitative estimate of drug-likeness (QED) is 0.363. The average molecular weight is 373 g/mol. The highest BCUT2D eigenvalue weighted by Gasteiger charge is 2.22. The van der Waals surface area contributed by atoms with Crippen LogP contribution >= 0.6 is 0 Å². The molecule has 1 aromatic heterocycles. The van der Waals surface area contributed by atoms with Crippen LogP contribution in [0.5, 0.6) is 5.75 Å². The van der Waals surface area contributed by atoms with Gasteiger partial charge in [0.2, 0.25) is 0 Å². The summed E-state index contributed by atoms with van der Waals surface area (Å²) < 4.78 is 13.1. The number of pyridine rings is 1. The number of phenols is 1. The van der Waals surface area contributed by atoms with E-state index < -0.39 is 39.2 Å². The molecule has 1 amide bonds. The molecule has 1 heterocycles. The maximum Gasteiger partial charge on any atom is 0.311 e. The van der Waals surface area contributed by atoms with Gasteiger partial charge in [0, 0.05) is 23.4 Å². The van der Waals surface area contributed by atoms with Crippen molar-refractivity contribution in [1.82, 2.24) is 10.0 Å². The van der Waals surface area contributed by atoms with Crippen LogP contribution < -0.4 is 10.9 Å². The number of amides is 1. The van der Waals surface area contributed by atoms with E-state index in [1.807, 2.05) is 0 Å². The van der Waals surface area contributed by atoms with Gasteiger partial charge in [0.1, 0.15) is 11.4 Å². The Morgan fingerprint density at radius 3 is 2.56 bits per heavy atom. The normalized spacial score (nSPS) is 10.7. The summed E-state index contributed by atoms with van der Waals surface area (Å²) in [6.45, 7) is -0.0284. The largest absolute Gasteiger partial charge is 0.502 e. The predicted molar refractivity (Wildman–Crippen MR) is 91.3 cm³/mol. The molecule has 138 valence electrons. The molecule has 0 aliphatic heterocycles. The molecule has 9 nitrogen and oxygen atoms in total. The van der Waals surface area contributed by atoms with Gasteiger partial charge in [0.15, 0.2) is 5.75 Å². The number of hydrogen-bond donors (Lipinski definition) is 3. The van der Waals surface area contributed by atoms with Gasteiger partial charge in [-0.05, 0) is 23.8 Å². The molecule has 0 fully saturated rings. The van der Waals surface area contributed by atoms with E-state index in [1.165, 1.54) is 24.3 Å². The fourth-order valence-electron chi connectivity index (χ4n) is 2.58. The van der Waals surface area contributed by atoms with Gasteiger partial charge >= 0.3 is 5.69 Å². The third-order valence-corrected chi connectivity index (χ3v) is 3.89. The third-order valence-electron chi connectivity index (χ3n) is 3.89. The Balaban J connectivity index is 2.03. The Labute approximate surface area is 150 Å². The van der Waals surface area contributed by atoms with Crippen molar-refractivity contribution in [2.75, 3.05) is 0 Å². The highest BCUT2D eigenvalue weighted by molar-refractivity contribution is 6.07. The summed E-state index contributed by atoms with van der Waals surface area (Å²) in [7, 11) is 0. The molecule has 3 rings (SSSR count). The number of carbonyl (C=O) groups is 1. The number of nitrogens with one attached hydrogen (secondary N) is 1. The van der Waals surface area contributed by atoms with E-state index in [4.69, 9.17) is 0 Å². The van der Waals surface area contributed by atoms with Crippen molar-refractivity contribution in [3.63, 3.8) is 0 Å². The lowest BCUT2D eigenvalue weighted by atomic mass is 10.1. The molecule has 3 N–H and O–H groups in total. The lowest BCUT2D eigenvalue weighted by Crippen LogP contribution is -2.32. The highest BCUT2D eigenvalue weighted by Crippen LogP contribution is 2.31. The molecule has 3 aromatic rings. The summed E-state index contributed by atoms with van der Waals surface area (Å²) in [6.07, 6.45) is 0.904. The Morgan fingerprint density at radius 2 is 1.93 bits per heavy atom. The first-order valence-electron chi connectivity index (χ1n) is 7.56.